The number of allylic oxidation sites excluding steroid dienone is 2. The van der Waals surface area contributed by atoms with Crippen LogP contribution in [0.15, 0.2) is 36.4 Å². The zero-order chi connectivity index (χ0) is 12.7. The maximum Gasteiger partial charge on any atom is 0.238 e. The zero-order valence-electron chi connectivity index (χ0n) is 9.67. The summed E-state index contributed by atoms with van der Waals surface area (Å²) in [4.78, 5) is 25.6. The van der Waals surface area contributed by atoms with E-state index in [0.717, 1.165) is 0 Å². The third-order valence-corrected chi connectivity index (χ3v) is 3.59. The van der Waals surface area contributed by atoms with Gasteiger partial charge in [0, 0.05) is 0 Å². The lowest BCUT2D eigenvalue weighted by Gasteiger charge is -2.14. The Kier molecular flexibility index (Phi) is 2.51. The van der Waals surface area contributed by atoms with Gasteiger partial charge in [-0.15, -0.1) is 0 Å². The smallest absolute Gasteiger partial charge is 0.238 e. The first-order valence-corrected chi connectivity index (χ1v) is 5.97. The number of halogens is 1. The van der Waals surface area contributed by atoms with Crippen molar-refractivity contribution in [2.45, 2.75) is 12.8 Å². The lowest BCUT2D eigenvalue weighted by Crippen LogP contribution is -2.30. The van der Waals surface area contributed by atoms with E-state index in [0.29, 0.717) is 18.5 Å². The number of nitrogens with zero attached hydrogens (tertiary/aromatic N) is 1. The topological polar surface area (TPSA) is 37.4 Å². The van der Waals surface area contributed by atoms with Crippen molar-refractivity contribution in [1.82, 2.24) is 0 Å². The number of hydrogen-bond donors (Lipinski definition) is 0. The van der Waals surface area contributed by atoms with Gasteiger partial charge in [0.1, 0.15) is 5.82 Å². The fourth-order valence-corrected chi connectivity index (χ4v) is 2.64. The van der Waals surface area contributed by atoms with Crippen molar-refractivity contribution in [3.05, 3.63) is 42.2 Å². The van der Waals surface area contributed by atoms with E-state index in [4.69, 9.17) is 0 Å². The number of benzene rings is 1. The summed E-state index contributed by atoms with van der Waals surface area (Å²) in [6.45, 7) is 0. The van der Waals surface area contributed by atoms with E-state index in [1.807, 2.05) is 12.2 Å². The normalized spacial score (nSPS) is 26.6. The van der Waals surface area contributed by atoms with Crippen LogP contribution in [-0.2, 0) is 9.59 Å². The molecule has 2 atom stereocenters. The molecule has 1 aromatic rings. The van der Waals surface area contributed by atoms with Crippen LogP contribution in [0.5, 0.6) is 0 Å². The highest BCUT2D eigenvalue weighted by Crippen LogP contribution is 2.37. The maximum atomic E-state index is 12.9. The van der Waals surface area contributed by atoms with Gasteiger partial charge in [-0.2, -0.15) is 0 Å². The van der Waals surface area contributed by atoms with Crippen LogP contribution in [0.1, 0.15) is 12.8 Å². The molecular formula is C14H12FNO2. The van der Waals surface area contributed by atoms with E-state index < -0.39 is 0 Å². The molecule has 0 aromatic heterocycles. The largest absolute Gasteiger partial charge is 0.274 e. The number of fused-ring (bicyclic) bond motifs is 1. The Morgan fingerprint density at radius 1 is 0.944 bits per heavy atom. The summed E-state index contributed by atoms with van der Waals surface area (Å²) < 4.78 is 12.9. The van der Waals surface area contributed by atoms with E-state index >= 15 is 0 Å². The van der Waals surface area contributed by atoms with E-state index in [9.17, 15) is 14.0 Å². The van der Waals surface area contributed by atoms with Crippen LogP contribution in [0.4, 0.5) is 10.1 Å². The molecule has 1 aromatic carbocycles. The molecule has 18 heavy (non-hydrogen) atoms. The highest BCUT2D eigenvalue weighted by molar-refractivity contribution is 6.22. The van der Waals surface area contributed by atoms with Crippen molar-refractivity contribution in [3.63, 3.8) is 0 Å². The summed E-state index contributed by atoms with van der Waals surface area (Å²) in [6, 6.07) is 5.46. The van der Waals surface area contributed by atoms with Crippen LogP contribution in [0.3, 0.4) is 0 Å². The first-order chi connectivity index (χ1) is 8.68. The van der Waals surface area contributed by atoms with Gasteiger partial charge in [-0.3, -0.25) is 14.5 Å². The molecule has 0 spiro atoms. The predicted octanol–water partition coefficient (Wildman–Crippen LogP) is 2.28. The number of rotatable bonds is 1. The summed E-state index contributed by atoms with van der Waals surface area (Å²) in [5.74, 6) is -1.20. The van der Waals surface area contributed by atoms with E-state index in [-0.39, 0.29) is 29.5 Å². The predicted molar refractivity (Wildman–Crippen MR) is 64.2 cm³/mol. The van der Waals surface area contributed by atoms with Crippen LogP contribution in [0, 0.1) is 17.7 Å². The molecule has 2 unspecified atom stereocenters. The number of carbonyl (C=O) groups is 2. The molecule has 3 rings (SSSR count). The Balaban J connectivity index is 1.96. The highest BCUT2D eigenvalue weighted by atomic mass is 19.1. The Morgan fingerprint density at radius 3 is 1.94 bits per heavy atom. The average Bonchev–Trinajstić information content (AvgIpc) is 2.64. The fraction of sp³-hybridized carbons (Fsp3) is 0.286. The Hall–Kier alpha value is -1.97. The van der Waals surface area contributed by atoms with Crippen molar-refractivity contribution in [2.75, 3.05) is 4.90 Å². The first kappa shape index (κ1) is 11.1. The first-order valence-electron chi connectivity index (χ1n) is 5.97. The summed E-state index contributed by atoms with van der Waals surface area (Å²) in [5.41, 5.74) is 0.459. The molecule has 1 aliphatic carbocycles. The summed E-state index contributed by atoms with van der Waals surface area (Å²) in [6.07, 6.45) is 5.13. The molecule has 1 heterocycles. The van der Waals surface area contributed by atoms with Gasteiger partial charge in [0.25, 0.3) is 0 Å². The minimum absolute atomic E-state index is 0.166. The number of hydrogen-bond acceptors (Lipinski definition) is 2. The van der Waals surface area contributed by atoms with Gasteiger partial charge in [-0.25, -0.2) is 4.39 Å². The van der Waals surface area contributed by atoms with Crippen molar-refractivity contribution >= 4 is 17.5 Å². The second kappa shape index (κ2) is 4.05. The minimum atomic E-state index is -0.378. The van der Waals surface area contributed by atoms with Gasteiger partial charge in [0.05, 0.1) is 17.5 Å². The standard InChI is InChI=1S/C14H12FNO2/c15-9-5-7-10(8-6-9)16-13(17)11-3-1-2-4-12(11)14(16)18/h1-2,5-8,11-12H,3-4H2. The highest BCUT2D eigenvalue weighted by Gasteiger charge is 2.47. The van der Waals surface area contributed by atoms with Gasteiger partial charge in [0.15, 0.2) is 0 Å². The van der Waals surface area contributed by atoms with Crippen LogP contribution in [0.2, 0.25) is 0 Å². The average molecular weight is 245 g/mol. The molecule has 4 heteroatoms. The third kappa shape index (κ3) is 1.56. The molecule has 1 saturated heterocycles. The summed E-state index contributed by atoms with van der Waals surface area (Å²) in [5, 5.41) is 0. The third-order valence-electron chi connectivity index (χ3n) is 3.59. The quantitative estimate of drug-likeness (QED) is 0.562. The monoisotopic (exact) mass is 245 g/mol. The van der Waals surface area contributed by atoms with Crippen molar-refractivity contribution in [2.24, 2.45) is 11.8 Å². The Bertz CT molecular complexity index is 509. The molecule has 1 aliphatic heterocycles. The molecule has 1 fully saturated rings. The summed E-state index contributed by atoms with van der Waals surface area (Å²) in [7, 11) is 0. The fourth-order valence-electron chi connectivity index (χ4n) is 2.64. The minimum Gasteiger partial charge on any atom is -0.274 e. The second-order valence-electron chi connectivity index (χ2n) is 4.64. The number of anilines is 1. The summed E-state index contributed by atoms with van der Waals surface area (Å²) >= 11 is 0. The van der Waals surface area contributed by atoms with Crippen LogP contribution in [0.25, 0.3) is 0 Å². The molecule has 0 bridgehead atoms. The van der Waals surface area contributed by atoms with Crippen LogP contribution >= 0.6 is 0 Å². The number of carbonyl (C=O) groups excluding carboxylic acids is 2. The molecular weight excluding hydrogens is 233 g/mol. The van der Waals surface area contributed by atoms with Gasteiger partial charge < -0.3 is 0 Å². The lowest BCUT2D eigenvalue weighted by molar-refractivity contribution is -0.122. The molecule has 92 valence electrons. The second-order valence-corrected chi connectivity index (χ2v) is 4.64. The molecule has 0 N–H and O–H groups in total. The zero-order valence-corrected chi connectivity index (χ0v) is 9.67. The van der Waals surface area contributed by atoms with Crippen molar-refractivity contribution in [1.29, 1.82) is 0 Å². The molecule has 0 saturated carbocycles. The Labute approximate surface area is 104 Å². The molecule has 0 radical (unpaired) electrons. The Morgan fingerprint density at radius 2 is 1.44 bits per heavy atom. The maximum absolute atomic E-state index is 12.9. The van der Waals surface area contributed by atoms with Gasteiger partial charge in [0.2, 0.25) is 11.8 Å². The van der Waals surface area contributed by atoms with Crippen molar-refractivity contribution < 1.29 is 14.0 Å². The van der Waals surface area contributed by atoms with Crippen LogP contribution < -0.4 is 4.90 Å². The van der Waals surface area contributed by atoms with Gasteiger partial charge in [-0.1, -0.05) is 12.2 Å². The number of amides is 2. The molecule has 2 amide bonds. The van der Waals surface area contributed by atoms with E-state index in [2.05, 4.69) is 0 Å². The lowest BCUT2D eigenvalue weighted by atomic mass is 9.85. The van der Waals surface area contributed by atoms with Gasteiger partial charge in [-0.05, 0) is 37.1 Å². The SMILES string of the molecule is O=C1C2CC=CCC2C(=O)N1c1ccc(F)cc1. The molecule has 2 aliphatic rings. The van der Waals surface area contributed by atoms with Gasteiger partial charge >= 0.3 is 0 Å². The van der Waals surface area contributed by atoms with Crippen LogP contribution in [-0.4, -0.2) is 11.8 Å². The molecule has 3 nitrogen and oxygen atoms in total. The van der Waals surface area contributed by atoms with E-state index in [1.54, 1.807) is 0 Å². The van der Waals surface area contributed by atoms with E-state index in [1.165, 1.54) is 29.2 Å². The number of imide groups is 1. The van der Waals surface area contributed by atoms with Crippen molar-refractivity contribution in [3.8, 4) is 0 Å².